The summed E-state index contributed by atoms with van der Waals surface area (Å²) in [5, 5.41) is 0. The number of aromatic nitrogens is 2. The van der Waals surface area contributed by atoms with Gasteiger partial charge in [0.2, 0.25) is 11.9 Å². The number of carbonyl (C=O) groups is 2. The Labute approximate surface area is 206 Å². The first-order valence-electron chi connectivity index (χ1n) is 11.4. The van der Waals surface area contributed by atoms with E-state index in [0.29, 0.717) is 25.6 Å². The van der Waals surface area contributed by atoms with Gasteiger partial charge in [-0.25, -0.2) is 9.78 Å². The summed E-state index contributed by atoms with van der Waals surface area (Å²) in [6.07, 6.45) is 3.21. The van der Waals surface area contributed by atoms with E-state index >= 15 is 0 Å². The number of likely N-dealkylation sites (tertiary alicyclic amines) is 1. The van der Waals surface area contributed by atoms with Crippen molar-refractivity contribution in [3.63, 3.8) is 0 Å². The van der Waals surface area contributed by atoms with Crippen molar-refractivity contribution in [3.8, 4) is 0 Å². The average molecular weight is 524 g/mol. The van der Waals surface area contributed by atoms with E-state index in [9.17, 15) is 9.59 Å². The van der Waals surface area contributed by atoms with Gasteiger partial charge in [-0.2, -0.15) is 0 Å². The van der Waals surface area contributed by atoms with Crippen LogP contribution >= 0.6 is 15.9 Å². The fourth-order valence-corrected chi connectivity index (χ4v) is 4.78. The second-order valence-electron chi connectivity index (χ2n) is 8.50. The minimum Gasteiger partial charge on any atom is -0.445 e. The molecule has 0 bridgehead atoms. The summed E-state index contributed by atoms with van der Waals surface area (Å²) in [5.41, 5.74) is 2.72. The summed E-state index contributed by atoms with van der Waals surface area (Å²) in [5.74, 6) is 0.682. The van der Waals surface area contributed by atoms with E-state index in [1.54, 1.807) is 16.0 Å². The maximum Gasteiger partial charge on any atom is 0.410 e. The molecule has 0 unspecified atom stereocenters. The molecule has 2 saturated heterocycles. The van der Waals surface area contributed by atoms with Crippen molar-refractivity contribution < 1.29 is 14.3 Å². The van der Waals surface area contributed by atoms with Gasteiger partial charge in [-0.05, 0) is 42.7 Å². The van der Waals surface area contributed by atoms with E-state index in [4.69, 9.17) is 4.74 Å². The number of benzene rings is 2. The van der Waals surface area contributed by atoms with Crippen LogP contribution in [-0.2, 0) is 16.1 Å². The van der Waals surface area contributed by atoms with Crippen LogP contribution in [0.25, 0.3) is 0 Å². The average Bonchev–Trinajstić information content (AvgIpc) is 3.54. The quantitative estimate of drug-likeness (QED) is 0.532. The first-order chi connectivity index (χ1) is 16.6. The summed E-state index contributed by atoms with van der Waals surface area (Å²) in [6.45, 7) is 2.40. The molecule has 5 rings (SSSR count). The lowest BCUT2D eigenvalue weighted by atomic mass is 10.2. The van der Waals surface area contributed by atoms with Crippen LogP contribution in [-0.4, -0.2) is 53.0 Å². The molecular weight excluding hydrogens is 498 g/mol. The van der Waals surface area contributed by atoms with Crippen LogP contribution in [0.3, 0.4) is 0 Å². The SMILES string of the molecule is O=C1CN(c2ncc([C@@H]3CCCN3C(=O)OCc3ccccc3)[nH]2)CCN1c1ccc(Br)cc1. The highest BCUT2D eigenvalue weighted by molar-refractivity contribution is 9.10. The van der Waals surface area contributed by atoms with Crippen molar-refractivity contribution in [1.29, 1.82) is 0 Å². The van der Waals surface area contributed by atoms with Crippen LogP contribution in [0.2, 0.25) is 0 Å². The molecule has 0 aliphatic carbocycles. The summed E-state index contributed by atoms with van der Waals surface area (Å²) in [7, 11) is 0. The molecule has 0 spiro atoms. The maximum absolute atomic E-state index is 12.8. The van der Waals surface area contributed by atoms with E-state index in [2.05, 4.69) is 25.9 Å². The zero-order valence-corrected chi connectivity index (χ0v) is 20.3. The van der Waals surface area contributed by atoms with Gasteiger partial charge in [0.15, 0.2) is 0 Å². The predicted octanol–water partition coefficient (Wildman–Crippen LogP) is 4.50. The monoisotopic (exact) mass is 523 g/mol. The second kappa shape index (κ2) is 9.89. The van der Waals surface area contributed by atoms with E-state index in [-0.39, 0.29) is 31.2 Å². The van der Waals surface area contributed by atoms with Crippen molar-refractivity contribution in [2.75, 3.05) is 36.0 Å². The molecule has 1 N–H and O–H groups in total. The number of piperazine rings is 1. The zero-order valence-electron chi connectivity index (χ0n) is 18.7. The Morgan fingerprint density at radius 3 is 2.65 bits per heavy atom. The number of rotatable bonds is 5. The minimum absolute atomic E-state index is 0.0264. The molecule has 1 atom stereocenters. The Hall–Kier alpha value is -3.33. The number of aromatic amines is 1. The second-order valence-corrected chi connectivity index (χ2v) is 9.41. The lowest BCUT2D eigenvalue weighted by Crippen LogP contribution is -2.51. The zero-order chi connectivity index (χ0) is 23.5. The van der Waals surface area contributed by atoms with Crippen molar-refractivity contribution >= 4 is 39.6 Å². The van der Waals surface area contributed by atoms with Gasteiger partial charge in [0.05, 0.1) is 17.9 Å². The molecule has 3 heterocycles. The molecule has 2 aliphatic heterocycles. The largest absolute Gasteiger partial charge is 0.445 e. The molecular formula is C25H26BrN5O3. The Bertz CT molecular complexity index is 1150. The Balaban J connectivity index is 1.21. The number of carbonyl (C=O) groups excluding carboxylic acids is 2. The molecule has 2 aromatic carbocycles. The van der Waals surface area contributed by atoms with Gasteiger partial charge in [0.25, 0.3) is 0 Å². The van der Waals surface area contributed by atoms with Gasteiger partial charge in [-0.15, -0.1) is 0 Å². The normalized spacial score (nSPS) is 18.4. The number of imidazole rings is 1. The number of halogens is 1. The number of nitrogens with one attached hydrogen (secondary N) is 1. The van der Waals surface area contributed by atoms with Crippen LogP contribution in [0, 0.1) is 0 Å². The predicted molar refractivity (Wildman–Crippen MR) is 133 cm³/mol. The molecule has 8 nitrogen and oxygen atoms in total. The van der Waals surface area contributed by atoms with E-state index in [0.717, 1.165) is 34.3 Å². The van der Waals surface area contributed by atoms with Crippen LogP contribution in [0.1, 0.15) is 30.1 Å². The molecule has 3 aromatic rings. The summed E-state index contributed by atoms with van der Waals surface area (Å²) in [4.78, 5) is 39.0. The Kier molecular flexibility index (Phi) is 6.53. The number of nitrogens with zero attached hydrogens (tertiary/aromatic N) is 4. The number of hydrogen-bond acceptors (Lipinski definition) is 5. The van der Waals surface area contributed by atoms with Crippen molar-refractivity contribution in [3.05, 3.63) is 76.5 Å². The first kappa shape index (κ1) is 22.5. The molecule has 0 radical (unpaired) electrons. The fraction of sp³-hybridized carbons (Fsp3) is 0.320. The standard InChI is InChI=1S/C25H26BrN5O3/c26-19-8-10-20(11-9-19)30-14-13-29(16-23(30)32)24-27-15-21(28-24)22-7-4-12-31(22)25(33)34-17-18-5-2-1-3-6-18/h1-3,5-6,8-11,15,22H,4,7,12-14,16-17H2,(H,27,28)/t22-/m0/s1. The molecule has 0 saturated carbocycles. The van der Waals surface area contributed by atoms with E-state index in [1.807, 2.05) is 59.5 Å². The Morgan fingerprint density at radius 2 is 1.88 bits per heavy atom. The maximum atomic E-state index is 12.8. The summed E-state index contributed by atoms with van der Waals surface area (Å²) >= 11 is 3.43. The molecule has 176 valence electrons. The molecule has 2 aliphatic rings. The third kappa shape index (κ3) is 4.79. The molecule has 34 heavy (non-hydrogen) atoms. The van der Waals surface area contributed by atoms with Crippen LogP contribution < -0.4 is 9.80 Å². The highest BCUT2D eigenvalue weighted by Crippen LogP contribution is 2.33. The number of amides is 2. The van der Waals surface area contributed by atoms with Gasteiger partial charge in [0.1, 0.15) is 13.2 Å². The number of ether oxygens (including phenoxy) is 1. The third-order valence-electron chi connectivity index (χ3n) is 6.29. The van der Waals surface area contributed by atoms with Gasteiger partial charge < -0.3 is 19.5 Å². The fourth-order valence-electron chi connectivity index (χ4n) is 4.51. The Morgan fingerprint density at radius 1 is 1.09 bits per heavy atom. The van der Waals surface area contributed by atoms with Crippen molar-refractivity contribution in [2.45, 2.75) is 25.5 Å². The van der Waals surface area contributed by atoms with E-state index in [1.165, 1.54) is 0 Å². The number of anilines is 2. The topological polar surface area (TPSA) is 81.8 Å². The summed E-state index contributed by atoms with van der Waals surface area (Å²) in [6, 6.07) is 17.3. The lowest BCUT2D eigenvalue weighted by molar-refractivity contribution is -0.117. The van der Waals surface area contributed by atoms with Gasteiger partial charge in [0, 0.05) is 29.8 Å². The van der Waals surface area contributed by atoms with Crippen molar-refractivity contribution in [2.24, 2.45) is 0 Å². The highest BCUT2D eigenvalue weighted by Gasteiger charge is 2.33. The van der Waals surface area contributed by atoms with Crippen LogP contribution in [0.15, 0.2) is 65.3 Å². The number of H-pyrrole nitrogens is 1. The van der Waals surface area contributed by atoms with Crippen LogP contribution in [0.4, 0.5) is 16.4 Å². The van der Waals surface area contributed by atoms with E-state index < -0.39 is 0 Å². The number of hydrogen-bond donors (Lipinski definition) is 1. The lowest BCUT2D eigenvalue weighted by Gasteiger charge is -2.34. The molecule has 9 heteroatoms. The van der Waals surface area contributed by atoms with Crippen molar-refractivity contribution in [1.82, 2.24) is 14.9 Å². The van der Waals surface area contributed by atoms with Gasteiger partial charge >= 0.3 is 6.09 Å². The molecule has 2 amide bonds. The summed E-state index contributed by atoms with van der Waals surface area (Å²) < 4.78 is 6.53. The minimum atomic E-state index is -0.319. The molecule has 2 fully saturated rings. The van der Waals surface area contributed by atoms with Gasteiger partial charge in [-0.3, -0.25) is 9.69 Å². The highest BCUT2D eigenvalue weighted by atomic mass is 79.9. The molecule has 1 aromatic heterocycles. The third-order valence-corrected chi connectivity index (χ3v) is 6.82. The van der Waals surface area contributed by atoms with Crippen LogP contribution in [0.5, 0.6) is 0 Å². The first-order valence-corrected chi connectivity index (χ1v) is 12.2. The smallest absolute Gasteiger partial charge is 0.410 e. The van der Waals surface area contributed by atoms with Gasteiger partial charge in [-0.1, -0.05) is 46.3 Å².